The molecule has 4 saturated carbocycles. The van der Waals surface area contributed by atoms with E-state index in [1.54, 1.807) is 12.3 Å². The van der Waals surface area contributed by atoms with Gasteiger partial charge in [-0.15, -0.1) is 14.3 Å². The average molecular weight is 960 g/mol. The number of carbonyl (C=O) groups excluding carboxylic acids is 2. The van der Waals surface area contributed by atoms with Crippen LogP contribution >= 0.6 is 11.6 Å². The van der Waals surface area contributed by atoms with E-state index in [9.17, 15) is 18.4 Å². The number of benzene rings is 1. The van der Waals surface area contributed by atoms with Crippen molar-refractivity contribution < 1.29 is 50.8 Å². The number of alkyl halides is 2. The lowest BCUT2D eigenvalue weighted by Gasteiger charge is -2.61. The monoisotopic (exact) mass is 959 g/mol. The molecule has 6 aromatic heterocycles. The number of nitrogens with zero attached hydrogens (tertiary/aromatic N) is 8. The standard InChI is InChI=1S/C43H39ClF4N14O6/c1-42(2-3-42)54-40(63)67-28-17-65-36(33(28)47)25-10-30(57-56-25)52-38-27-9-24(20-6-21(45)8-22(46)7-20)58-61(27)32(16-50-38)62-31(53-39-35-23(44)15-51-60(35)5-4-49-39)11-26(59-62)37-34(48)29(18-66-37)68-41(64)55-43-12-19(13-43)14-43/h4-11,15-16,19,28-29,33-34,36-37H,2-3,12-14,17-18H2,1H3,(H5,49,50,51,52,53,54,55,56,57,58,59,63,64)/p+1/t19?,28-,29-,33+,34-,36-,37-,43?/m1/s1. The Labute approximate surface area is 386 Å². The summed E-state index contributed by atoms with van der Waals surface area (Å²) in [6.45, 7) is 1.48. The number of anilines is 4. The molecule has 6 aliphatic rings. The Morgan fingerprint density at radius 1 is 0.882 bits per heavy atom. The van der Waals surface area contributed by atoms with Gasteiger partial charge in [-0.2, -0.15) is 10.2 Å². The Bertz CT molecular complexity index is 3120. The van der Waals surface area contributed by atoms with Crippen LogP contribution in [-0.2, 0) is 18.9 Å². The molecule has 2 bridgehead atoms. The molecule has 2 aliphatic heterocycles. The van der Waals surface area contributed by atoms with Crippen molar-refractivity contribution in [2.24, 2.45) is 5.92 Å². The van der Waals surface area contributed by atoms with Crippen LogP contribution in [0.15, 0.2) is 61.2 Å². The minimum atomic E-state index is -1.79. The van der Waals surface area contributed by atoms with E-state index in [0.29, 0.717) is 11.4 Å². The highest BCUT2D eigenvalue weighted by molar-refractivity contribution is 6.34. The zero-order valence-electron chi connectivity index (χ0n) is 35.7. The number of carbonyl (C=O) groups is 2. The van der Waals surface area contributed by atoms with Gasteiger partial charge in [-0.25, -0.2) is 46.7 Å². The first kappa shape index (κ1) is 42.3. The van der Waals surface area contributed by atoms with Crippen LogP contribution in [0.2, 0.25) is 5.02 Å². The molecule has 352 valence electrons. The fourth-order valence-electron chi connectivity index (χ4n) is 9.32. The number of aromatic amines is 2. The zero-order chi connectivity index (χ0) is 46.6. The van der Waals surface area contributed by atoms with Gasteiger partial charge in [0.2, 0.25) is 5.82 Å². The van der Waals surface area contributed by atoms with Crippen molar-refractivity contribution in [1.82, 2.24) is 55.1 Å². The maximum absolute atomic E-state index is 16.4. The molecule has 6 fully saturated rings. The number of hydrogen-bond acceptors (Lipinski definition) is 13. The number of aromatic nitrogens is 10. The molecule has 8 heterocycles. The molecule has 4 aliphatic carbocycles. The van der Waals surface area contributed by atoms with Crippen LogP contribution in [0.3, 0.4) is 0 Å². The summed E-state index contributed by atoms with van der Waals surface area (Å²) in [5.74, 6) is -0.0520. The van der Waals surface area contributed by atoms with Gasteiger partial charge in [-0.05, 0) is 57.1 Å². The van der Waals surface area contributed by atoms with E-state index < -0.39 is 60.6 Å². The number of alkyl carbamates (subject to hydrolysis) is 2. The van der Waals surface area contributed by atoms with Crippen molar-refractivity contribution in [1.29, 1.82) is 0 Å². The Morgan fingerprint density at radius 2 is 1.59 bits per heavy atom. The first-order valence-corrected chi connectivity index (χ1v) is 22.2. The van der Waals surface area contributed by atoms with Crippen LogP contribution < -0.4 is 25.9 Å². The molecule has 2 amide bonds. The third-order valence-corrected chi connectivity index (χ3v) is 13.5. The fraction of sp³-hybridized carbons (Fsp3) is 0.395. The molecule has 6 N–H and O–H groups in total. The molecule has 0 radical (unpaired) electrons. The molecule has 13 rings (SSSR count). The number of amides is 2. The summed E-state index contributed by atoms with van der Waals surface area (Å²) < 4.78 is 88.3. The van der Waals surface area contributed by atoms with Gasteiger partial charge in [0.25, 0.3) is 11.6 Å². The number of halogens is 5. The topological polar surface area (TPSA) is 228 Å². The summed E-state index contributed by atoms with van der Waals surface area (Å²) in [7, 11) is 0. The molecule has 68 heavy (non-hydrogen) atoms. The number of hydrogen-bond donors (Lipinski definition) is 6. The molecule has 6 atom stereocenters. The van der Waals surface area contributed by atoms with E-state index in [0.717, 1.165) is 50.3 Å². The highest BCUT2D eigenvalue weighted by Crippen LogP contribution is 2.57. The number of rotatable bonds is 12. The van der Waals surface area contributed by atoms with Gasteiger partial charge < -0.3 is 34.9 Å². The predicted molar refractivity (Wildman–Crippen MR) is 229 cm³/mol. The molecule has 25 heteroatoms. The highest BCUT2D eigenvalue weighted by Gasteiger charge is 2.58. The summed E-state index contributed by atoms with van der Waals surface area (Å²) in [5, 5.41) is 31.6. The largest absolute Gasteiger partial charge is 0.441 e. The van der Waals surface area contributed by atoms with Crippen molar-refractivity contribution in [3.05, 3.63) is 89.2 Å². The van der Waals surface area contributed by atoms with Crippen LogP contribution in [0.4, 0.5) is 50.4 Å². The predicted octanol–water partition coefficient (Wildman–Crippen LogP) is 6.30. The van der Waals surface area contributed by atoms with E-state index in [1.165, 1.54) is 44.4 Å². The number of ether oxygens (including phenoxy) is 4. The summed E-state index contributed by atoms with van der Waals surface area (Å²) >= 11 is 6.55. The van der Waals surface area contributed by atoms with Gasteiger partial charge in [0.15, 0.2) is 41.7 Å². The Kier molecular flexibility index (Phi) is 9.81. The van der Waals surface area contributed by atoms with E-state index in [1.807, 2.05) is 6.92 Å². The lowest BCUT2D eigenvalue weighted by Crippen LogP contribution is -2.68. The van der Waals surface area contributed by atoms with Crippen molar-refractivity contribution in [2.45, 2.75) is 86.9 Å². The number of nitrogens with one attached hydrogen (secondary N) is 6. The molecule has 2 saturated heterocycles. The van der Waals surface area contributed by atoms with E-state index >= 15 is 8.78 Å². The van der Waals surface area contributed by atoms with Crippen LogP contribution in [-0.4, -0.2) is 106 Å². The number of H-pyrrole nitrogens is 2. The smallest absolute Gasteiger partial charge is 0.408 e. The SMILES string of the molecule is CC1(NC(=O)O[C@@H]2CO[C@H](c3cc(Nc4ncc(-[n+]5[nH]c([C@H]6OC[C@@H](OC(=O)NC78CC(C7)C8)[C@H]6F)cc5Nc5nccn6ncc(Cl)c56)n5nc(-c6cc(F)cc(F)c6)cc45)n[nH]3)[C@H]2F)CC1. The van der Waals surface area contributed by atoms with Crippen LogP contribution in [0.25, 0.3) is 28.1 Å². The summed E-state index contributed by atoms with van der Waals surface area (Å²) in [6.07, 6.45) is 0.538. The van der Waals surface area contributed by atoms with E-state index in [2.05, 4.69) is 46.6 Å². The zero-order valence-corrected chi connectivity index (χ0v) is 36.4. The average Bonchev–Trinajstić information content (AvgIpc) is 3.98. The third-order valence-electron chi connectivity index (χ3n) is 13.2. The van der Waals surface area contributed by atoms with E-state index in [4.69, 9.17) is 40.6 Å². The van der Waals surface area contributed by atoms with Crippen molar-refractivity contribution >= 4 is 58.1 Å². The molecule has 7 aromatic rings. The van der Waals surface area contributed by atoms with Gasteiger partial charge in [0.1, 0.15) is 41.2 Å². The van der Waals surface area contributed by atoms with Crippen LogP contribution in [0.1, 0.15) is 62.6 Å². The fourth-order valence-corrected chi connectivity index (χ4v) is 9.54. The minimum Gasteiger partial charge on any atom is -0.441 e. The Morgan fingerprint density at radius 3 is 2.28 bits per heavy atom. The maximum atomic E-state index is 16.4. The first-order valence-electron chi connectivity index (χ1n) is 21.8. The van der Waals surface area contributed by atoms with Gasteiger partial charge in [-0.1, -0.05) is 11.6 Å². The lowest BCUT2D eigenvalue weighted by atomic mass is 9.50. The molecule has 0 spiro atoms. The lowest BCUT2D eigenvalue weighted by molar-refractivity contribution is -0.646. The van der Waals surface area contributed by atoms with E-state index in [-0.39, 0.29) is 86.6 Å². The Balaban J connectivity index is 0.885. The van der Waals surface area contributed by atoms with Gasteiger partial charge in [0, 0.05) is 53.3 Å². The Hall–Kier alpha value is -7.05. The summed E-state index contributed by atoms with van der Waals surface area (Å²) in [4.78, 5) is 34.4. The van der Waals surface area contributed by atoms with Crippen LogP contribution in [0.5, 0.6) is 0 Å². The molecule has 1 aromatic carbocycles. The highest BCUT2D eigenvalue weighted by atomic mass is 35.5. The molecule has 20 nitrogen and oxygen atoms in total. The third kappa shape index (κ3) is 7.55. The molecule has 0 unspecified atom stereocenters. The van der Waals surface area contributed by atoms with Crippen molar-refractivity contribution in [3.8, 4) is 17.1 Å². The van der Waals surface area contributed by atoms with Crippen LogP contribution in [0, 0.1) is 17.6 Å². The first-order chi connectivity index (χ1) is 32.8. The van der Waals surface area contributed by atoms with Gasteiger partial charge >= 0.3 is 12.2 Å². The second-order valence-corrected chi connectivity index (χ2v) is 18.7. The quantitative estimate of drug-likeness (QED) is 0.0585. The van der Waals surface area contributed by atoms with Gasteiger partial charge in [0.05, 0.1) is 35.8 Å². The summed E-state index contributed by atoms with van der Waals surface area (Å²) in [6, 6.07) is 7.59. The van der Waals surface area contributed by atoms with Gasteiger partial charge in [-0.3, -0.25) is 10.4 Å². The molecular formula is C43H40ClF4N14O6+. The normalized spacial score (nSPS) is 26.6. The molecular weight excluding hydrogens is 920 g/mol. The second kappa shape index (κ2) is 15.8. The maximum Gasteiger partial charge on any atom is 0.408 e. The van der Waals surface area contributed by atoms with Crippen molar-refractivity contribution in [2.75, 3.05) is 23.8 Å². The second-order valence-electron chi connectivity index (χ2n) is 18.3. The number of fused-ring (bicyclic) bond motifs is 2. The van der Waals surface area contributed by atoms with Crippen molar-refractivity contribution in [3.63, 3.8) is 0 Å². The minimum absolute atomic E-state index is 0.0970. The summed E-state index contributed by atoms with van der Waals surface area (Å²) in [5.41, 5.74) is 0.737.